The van der Waals surface area contributed by atoms with E-state index in [0.29, 0.717) is 17.9 Å². The summed E-state index contributed by atoms with van der Waals surface area (Å²) >= 11 is 5.90. The summed E-state index contributed by atoms with van der Waals surface area (Å²) in [5.41, 5.74) is 0.930. The Kier molecular flexibility index (Phi) is 4.68. The number of Topliss-reactive ketones (excluding diaryl/α,β-unsaturated/α-hetero) is 1. The van der Waals surface area contributed by atoms with Gasteiger partial charge in [-0.2, -0.15) is 5.10 Å². The quantitative estimate of drug-likeness (QED) is 0.816. The van der Waals surface area contributed by atoms with Crippen LogP contribution in [0, 0.1) is 0 Å². The van der Waals surface area contributed by atoms with E-state index in [1.807, 2.05) is 18.2 Å². The maximum atomic E-state index is 12.0. The van der Waals surface area contributed by atoms with Gasteiger partial charge in [0.2, 0.25) is 0 Å². The first-order valence-corrected chi connectivity index (χ1v) is 6.69. The van der Waals surface area contributed by atoms with Crippen LogP contribution in [-0.2, 0) is 24.2 Å². The van der Waals surface area contributed by atoms with E-state index in [0.717, 1.165) is 24.4 Å². The number of benzene rings is 1. The van der Waals surface area contributed by atoms with Gasteiger partial charge in [-0.15, -0.1) is 0 Å². The first kappa shape index (κ1) is 13.7. The topological polar surface area (TPSA) is 47.8 Å². The average molecular weight is 278 g/mol. The molecular weight excluding hydrogens is 262 g/mol. The monoisotopic (exact) mass is 277 g/mol. The summed E-state index contributed by atoms with van der Waals surface area (Å²) in [6.07, 6.45) is 3.16. The average Bonchev–Trinajstić information content (AvgIpc) is 2.77. The lowest BCUT2D eigenvalue weighted by atomic mass is 10.1. The predicted octanol–water partition coefficient (Wildman–Crippen LogP) is 2.70. The summed E-state index contributed by atoms with van der Waals surface area (Å²) in [4.78, 5) is 16.2. The molecule has 2 rings (SSSR count). The Bertz CT molecular complexity index is 565. The van der Waals surface area contributed by atoms with Crippen molar-refractivity contribution in [3.05, 3.63) is 47.0 Å². The number of ketones is 1. The van der Waals surface area contributed by atoms with Crippen LogP contribution in [0.2, 0.25) is 5.02 Å². The minimum absolute atomic E-state index is 0.118. The third-order valence-corrected chi connectivity index (χ3v) is 3.01. The summed E-state index contributed by atoms with van der Waals surface area (Å²) in [7, 11) is 0. The largest absolute Gasteiger partial charge is 0.299 e. The van der Waals surface area contributed by atoms with Crippen molar-refractivity contribution in [3.63, 3.8) is 0 Å². The third kappa shape index (κ3) is 3.89. The van der Waals surface area contributed by atoms with Crippen molar-refractivity contribution < 1.29 is 4.79 Å². The van der Waals surface area contributed by atoms with Crippen LogP contribution in [0.1, 0.15) is 24.7 Å². The Morgan fingerprint density at radius 2 is 2.21 bits per heavy atom. The van der Waals surface area contributed by atoms with Crippen LogP contribution < -0.4 is 0 Å². The first-order valence-electron chi connectivity index (χ1n) is 6.32. The van der Waals surface area contributed by atoms with Crippen LogP contribution in [0.5, 0.6) is 0 Å². The number of hydrogen-bond donors (Lipinski definition) is 0. The van der Waals surface area contributed by atoms with E-state index >= 15 is 0 Å². The van der Waals surface area contributed by atoms with Gasteiger partial charge in [0.05, 0.1) is 6.42 Å². The summed E-state index contributed by atoms with van der Waals surface area (Å²) in [6, 6.07) is 7.37. The molecule has 2 aromatic rings. The van der Waals surface area contributed by atoms with Crippen LogP contribution >= 0.6 is 11.6 Å². The molecule has 0 unspecified atom stereocenters. The molecule has 0 fully saturated rings. The van der Waals surface area contributed by atoms with E-state index in [1.54, 1.807) is 10.7 Å². The van der Waals surface area contributed by atoms with Gasteiger partial charge in [-0.25, -0.2) is 9.67 Å². The highest BCUT2D eigenvalue weighted by atomic mass is 35.5. The third-order valence-electron chi connectivity index (χ3n) is 2.78. The molecule has 0 radical (unpaired) electrons. The zero-order chi connectivity index (χ0) is 13.7. The molecule has 0 N–H and O–H groups in total. The SMILES string of the molecule is CCCn1ncnc1CC(=O)Cc1cccc(Cl)c1. The Morgan fingerprint density at radius 3 is 2.95 bits per heavy atom. The standard InChI is InChI=1S/C14H16ClN3O/c1-2-6-18-14(16-10-17-18)9-13(19)8-11-4-3-5-12(15)7-11/h3-5,7,10H,2,6,8-9H2,1H3. The van der Waals surface area contributed by atoms with E-state index < -0.39 is 0 Å². The molecule has 5 heteroatoms. The number of hydrogen-bond acceptors (Lipinski definition) is 3. The molecule has 0 aliphatic rings. The molecule has 0 bridgehead atoms. The second-order valence-corrected chi connectivity index (χ2v) is 4.86. The van der Waals surface area contributed by atoms with Crippen LogP contribution in [-0.4, -0.2) is 20.5 Å². The van der Waals surface area contributed by atoms with E-state index in [2.05, 4.69) is 17.0 Å². The lowest BCUT2D eigenvalue weighted by Gasteiger charge is -2.04. The summed E-state index contributed by atoms with van der Waals surface area (Å²) < 4.78 is 1.79. The molecule has 4 nitrogen and oxygen atoms in total. The lowest BCUT2D eigenvalue weighted by Crippen LogP contribution is -2.13. The number of halogens is 1. The Morgan fingerprint density at radius 1 is 1.37 bits per heavy atom. The van der Waals surface area contributed by atoms with Crippen LogP contribution in [0.4, 0.5) is 0 Å². The highest BCUT2D eigenvalue weighted by Gasteiger charge is 2.10. The number of aromatic nitrogens is 3. The minimum atomic E-state index is 0.118. The molecule has 1 aromatic heterocycles. The van der Waals surface area contributed by atoms with Crippen molar-refractivity contribution in [3.8, 4) is 0 Å². The smallest absolute Gasteiger partial charge is 0.144 e. The molecule has 1 heterocycles. The second-order valence-electron chi connectivity index (χ2n) is 4.42. The van der Waals surface area contributed by atoms with Crippen LogP contribution in [0.15, 0.2) is 30.6 Å². The first-order chi connectivity index (χ1) is 9.19. The molecule has 0 aliphatic heterocycles. The highest BCUT2D eigenvalue weighted by Crippen LogP contribution is 2.12. The Labute approximate surface area is 117 Å². The lowest BCUT2D eigenvalue weighted by molar-refractivity contribution is -0.117. The number of carbonyl (C=O) groups is 1. The van der Waals surface area contributed by atoms with Gasteiger partial charge >= 0.3 is 0 Å². The molecule has 0 aliphatic carbocycles. The van der Waals surface area contributed by atoms with Gasteiger partial charge in [0.25, 0.3) is 0 Å². The summed E-state index contributed by atoms with van der Waals surface area (Å²) in [6.45, 7) is 2.86. The molecule has 0 spiro atoms. The number of rotatable bonds is 6. The molecule has 0 saturated carbocycles. The molecule has 0 amide bonds. The van der Waals surface area contributed by atoms with Crippen molar-refractivity contribution in [2.24, 2.45) is 0 Å². The molecule has 0 saturated heterocycles. The number of aryl methyl sites for hydroxylation is 1. The van der Waals surface area contributed by atoms with Crippen LogP contribution in [0.3, 0.4) is 0 Å². The van der Waals surface area contributed by atoms with E-state index in [9.17, 15) is 4.79 Å². The molecule has 1 aromatic carbocycles. The van der Waals surface area contributed by atoms with Crippen molar-refractivity contribution in [2.45, 2.75) is 32.7 Å². The molecule has 100 valence electrons. The fourth-order valence-corrected chi connectivity index (χ4v) is 2.15. The Hall–Kier alpha value is -1.68. The maximum absolute atomic E-state index is 12.0. The zero-order valence-electron chi connectivity index (χ0n) is 10.8. The van der Waals surface area contributed by atoms with Crippen molar-refractivity contribution in [2.75, 3.05) is 0 Å². The van der Waals surface area contributed by atoms with Gasteiger partial charge in [0, 0.05) is 18.0 Å². The van der Waals surface area contributed by atoms with E-state index in [1.165, 1.54) is 6.33 Å². The number of nitrogens with zero attached hydrogens (tertiary/aromatic N) is 3. The maximum Gasteiger partial charge on any atom is 0.144 e. The molecule has 0 atom stereocenters. The van der Waals surface area contributed by atoms with E-state index in [-0.39, 0.29) is 5.78 Å². The van der Waals surface area contributed by atoms with E-state index in [4.69, 9.17) is 11.6 Å². The zero-order valence-corrected chi connectivity index (χ0v) is 11.6. The molecule has 19 heavy (non-hydrogen) atoms. The Balaban J connectivity index is 1.99. The fraction of sp³-hybridized carbons (Fsp3) is 0.357. The minimum Gasteiger partial charge on any atom is -0.299 e. The van der Waals surface area contributed by atoms with Gasteiger partial charge in [-0.05, 0) is 24.1 Å². The molecular formula is C14H16ClN3O. The van der Waals surface area contributed by atoms with Gasteiger partial charge in [0.1, 0.15) is 17.9 Å². The van der Waals surface area contributed by atoms with Crippen molar-refractivity contribution >= 4 is 17.4 Å². The fourth-order valence-electron chi connectivity index (χ4n) is 1.94. The van der Waals surface area contributed by atoms with Gasteiger partial charge < -0.3 is 0 Å². The van der Waals surface area contributed by atoms with Crippen molar-refractivity contribution in [1.82, 2.24) is 14.8 Å². The predicted molar refractivity (Wildman–Crippen MR) is 74.2 cm³/mol. The van der Waals surface area contributed by atoms with Gasteiger partial charge in [-0.1, -0.05) is 30.7 Å². The van der Waals surface area contributed by atoms with Gasteiger partial charge in [0.15, 0.2) is 0 Å². The number of carbonyl (C=O) groups excluding carboxylic acids is 1. The highest BCUT2D eigenvalue weighted by molar-refractivity contribution is 6.30. The van der Waals surface area contributed by atoms with Crippen LogP contribution in [0.25, 0.3) is 0 Å². The van der Waals surface area contributed by atoms with Crippen molar-refractivity contribution in [1.29, 1.82) is 0 Å². The normalized spacial score (nSPS) is 10.6. The summed E-state index contributed by atoms with van der Waals surface area (Å²) in [5.74, 6) is 0.849. The summed E-state index contributed by atoms with van der Waals surface area (Å²) in [5, 5.41) is 4.76. The second kappa shape index (κ2) is 6.48. The van der Waals surface area contributed by atoms with Gasteiger partial charge in [-0.3, -0.25) is 4.79 Å².